The smallest absolute Gasteiger partial charge is 0.315 e. The zero-order valence-electron chi connectivity index (χ0n) is 15.7. The highest BCUT2D eigenvalue weighted by atomic mass is 16.5. The molecule has 9 nitrogen and oxygen atoms in total. The molecular formula is C18H25N5O4. The monoisotopic (exact) mass is 375 g/mol. The van der Waals surface area contributed by atoms with E-state index in [-0.39, 0.29) is 42.4 Å². The molecule has 0 aromatic carbocycles. The Bertz CT molecular complexity index is 797. The van der Waals surface area contributed by atoms with Crippen LogP contribution in [0.25, 0.3) is 0 Å². The maximum Gasteiger partial charge on any atom is 0.315 e. The van der Waals surface area contributed by atoms with E-state index in [4.69, 9.17) is 8.94 Å². The molecule has 0 aliphatic heterocycles. The van der Waals surface area contributed by atoms with E-state index in [2.05, 4.69) is 26.1 Å². The van der Waals surface area contributed by atoms with Gasteiger partial charge >= 0.3 is 12.0 Å². The molecule has 1 fully saturated rings. The van der Waals surface area contributed by atoms with E-state index < -0.39 is 0 Å². The number of hydrogen-bond donors (Lipinski definition) is 3. The fourth-order valence-electron chi connectivity index (χ4n) is 3.21. The van der Waals surface area contributed by atoms with E-state index in [0.29, 0.717) is 5.76 Å². The molecule has 1 aliphatic rings. The van der Waals surface area contributed by atoms with E-state index in [1.54, 1.807) is 19.2 Å². The molecular weight excluding hydrogens is 350 g/mol. The number of anilines is 1. The number of hydrogen-bond acceptors (Lipinski definition) is 6. The molecule has 2 heterocycles. The van der Waals surface area contributed by atoms with Crippen molar-refractivity contribution >= 4 is 18.0 Å². The van der Waals surface area contributed by atoms with Gasteiger partial charge in [0.1, 0.15) is 11.5 Å². The Balaban J connectivity index is 1.49. The average molecular weight is 375 g/mol. The summed E-state index contributed by atoms with van der Waals surface area (Å²) in [5, 5.41) is 12.2. The summed E-state index contributed by atoms with van der Waals surface area (Å²) in [6.07, 6.45) is 4.26. The lowest BCUT2D eigenvalue weighted by molar-refractivity contribution is -0.116. The number of nitrogens with one attached hydrogen (secondary N) is 3. The van der Waals surface area contributed by atoms with Crippen LogP contribution in [0.4, 0.5) is 10.8 Å². The molecule has 27 heavy (non-hydrogen) atoms. The van der Waals surface area contributed by atoms with Crippen molar-refractivity contribution in [3.05, 3.63) is 29.5 Å². The Morgan fingerprint density at radius 2 is 2.15 bits per heavy atom. The Morgan fingerprint density at radius 1 is 1.33 bits per heavy atom. The first-order valence-electron chi connectivity index (χ1n) is 9.14. The average Bonchev–Trinajstić information content (AvgIpc) is 3.28. The molecule has 2 atom stereocenters. The second kappa shape index (κ2) is 8.24. The van der Waals surface area contributed by atoms with Gasteiger partial charge in [0.15, 0.2) is 0 Å². The van der Waals surface area contributed by atoms with Crippen LogP contribution in [0.2, 0.25) is 0 Å². The summed E-state index contributed by atoms with van der Waals surface area (Å²) in [5.41, 5.74) is 0.725. The van der Waals surface area contributed by atoms with Crippen LogP contribution in [0, 0.1) is 6.92 Å². The van der Waals surface area contributed by atoms with Gasteiger partial charge in [0.2, 0.25) is 5.91 Å². The Morgan fingerprint density at radius 3 is 2.85 bits per heavy atom. The van der Waals surface area contributed by atoms with Crippen LogP contribution in [0.15, 0.2) is 21.2 Å². The van der Waals surface area contributed by atoms with Crippen molar-refractivity contribution in [2.75, 3.05) is 5.32 Å². The van der Waals surface area contributed by atoms with E-state index in [9.17, 15) is 9.59 Å². The third-order valence-electron chi connectivity index (χ3n) is 4.37. The van der Waals surface area contributed by atoms with Gasteiger partial charge in [-0.25, -0.2) is 9.78 Å². The number of amides is 3. The summed E-state index contributed by atoms with van der Waals surface area (Å²) >= 11 is 0. The van der Waals surface area contributed by atoms with E-state index in [1.807, 2.05) is 13.8 Å². The quantitative estimate of drug-likeness (QED) is 0.713. The van der Waals surface area contributed by atoms with E-state index in [1.165, 1.54) is 0 Å². The summed E-state index contributed by atoms with van der Waals surface area (Å²) in [7, 11) is 0. The third-order valence-corrected chi connectivity index (χ3v) is 4.37. The second-order valence-electron chi connectivity index (χ2n) is 7.21. The first-order valence-corrected chi connectivity index (χ1v) is 9.14. The highest BCUT2D eigenvalue weighted by Gasteiger charge is 2.29. The molecule has 0 spiro atoms. The topological polar surface area (TPSA) is 122 Å². The van der Waals surface area contributed by atoms with Crippen LogP contribution in [0.1, 0.15) is 56.2 Å². The molecule has 3 N–H and O–H groups in total. The minimum atomic E-state index is -0.282. The number of urea groups is 1. The van der Waals surface area contributed by atoms with Gasteiger partial charge in [-0.1, -0.05) is 5.16 Å². The van der Waals surface area contributed by atoms with Crippen molar-refractivity contribution in [3.63, 3.8) is 0 Å². The van der Waals surface area contributed by atoms with Crippen LogP contribution in [0.3, 0.4) is 0 Å². The molecule has 146 valence electrons. The van der Waals surface area contributed by atoms with Crippen molar-refractivity contribution in [2.24, 2.45) is 0 Å². The first kappa shape index (κ1) is 18.9. The lowest BCUT2D eigenvalue weighted by Crippen LogP contribution is -2.43. The Kier molecular flexibility index (Phi) is 5.78. The molecule has 0 saturated heterocycles. The van der Waals surface area contributed by atoms with Crippen LogP contribution in [-0.4, -0.2) is 34.2 Å². The molecule has 3 rings (SSSR count). The maximum atomic E-state index is 12.0. The predicted molar refractivity (Wildman–Crippen MR) is 97.3 cm³/mol. The number of aryl methyl sites for hydroxylation is 1. The lowest BCUT2D eigenvalue weighted by atomic mass is 10.1. The molecule has 0 radical (unpaired) electrons. The highest BCUT2D eigenvalue weighted by molar-refractivity contribution is 5.89. The molecule has 9 heteroatoms. The van der Waals surface area contributed by atoms with Crippen LogP contribution in [0.5, 0.6) is 0 Å². The number of nitrogens with zero attached hydrogens (tertiary/aromatic N) is 2. The van der Waals surface area contributed by atoms with Crippen LogP contribution >= 0.6 is 0 Å². The molecule has 3 amide bonds. The molecule has 1 saturated carbocycles. The van der Waals surface area contributed by atoms with E-state index >= 15 is 0 Å². The summed E-state index contributed by atoms with van der Waals surface area (Å²) < 4.78 is 10.7. The molecule has 0 unspecified atom stereocenters. The fourth-order valence-corrected chi connectivity index (χ4v) is 3.21. The SMILES string of the molecule is Cc1cc(CC(=O)Nc2ncc([C@H]3CC[C@@H](NC(=O)NC(C)C)C3)o2)on1. The van der Waals surface area contributed by atoms with Crippen molar-refractivity contribution in [1.82, 2.24) is 20.8 Å². The van der Waals surface area contributed by atoms with Gasteiger partial charge in [-0.2, -0.15) is 0 Å². The predicted octanol–water partition coefficient (Wildman–Crippen LogP) is 2.50. The van der Waals surface area contributed by atoms with Crippen LogP contribution in [-0.2, 0) is 11.2 Å². The molecule has 0 bridgehead atoms. The van der Waals surface area contributed by atoms with Crippen molar-refractivity contribution in [3.8, 4) is 0 Å². The minimum absolute atomic E-state index is 0.0684. The van der Waals surface area contributed by atoms with Gasteiger partial charge in [-0.05, 0) is 40.0 Å². The van der Waals surface area contributed by atoms with Crippen molar-refractivity contribution in [2.45, 2.75) is 64.5 Å². The lowest BCUT2D eigenvalue weighted by Gasteiger charge is -2.15. The standard InChI is InChI=1S/C18H25N5O4/c1-10(2)20-17(25)21-13-5-4-12(7-13)15-9-19-18(26-15)22-16(24)8-14-6-11(3)23-27-14/h6,9-10,12-13H,4-5,7-8H2,1-3H3,(H,19,22,24)(H2,20,21,25)/t12-,13+/m0/s1. The van der Waals surface area contributed by atoms with E-state index in [0.717, 1.165) is 30.7 Å². The van der Waals surface area contributed by atoms with Crippen LogP contribution < -0.4 is 16.0 Å². The van der Waals surface area contributed by atoms with Crippen molar-refractivity contribution < 1.29 is 18.5 Å². The van der Waals surface area contributed by atoms with Gasteiger partial charge in [0.25, 0.3) is 0 Å². The largest absolute Gasteiger partial charge is 0.428 e. The maximum absolute atomic E-state index is 12.0. The van der Waals surface area contributed by atoms with Gasteiger partial charge in [-0.15, -0.1) is 0 Å². The Hall–Kier alpha value is -2.84. The summed E-state index contributed by atoms with van der Waals surface area (Å²) in [6.45, 7) is 5.64. The summed E-state index contributed by atoms with van der Waals surface area (Å²) in [5.74, 6) is 1.09. The van der Waals surface area contributed by atoms with Gasteiger partial charge in [-0.3, -0.25) is 10.1 Å². The second-order valence-corrected chi connectivity index (χ2v) is 7.21. The number of carbonyl (C=O) groups excluding carboxylic acids is 2. The molecule has 2 aromatic heterocycles. The zero-order chi connectivity index (χ0) is 19.4. The first-order chi connectivity index (χ1) is 12.9. The van der Waals surface area contributed by atoms with Crippen molar-refractivity contribution in [1.29, 1.82) is 0 Å². The van der Waals surface area contributed by atoms with Gasteiger partial charge in [0.05, 0.1) is 18.3 Å². The zero-order valence-corrected chi connectivity index (χ0v) is 15.7. The number of aromatic nitrogens is 2. The third kappa shape index (κ3) is 5.32. The fraction of sp³-hybridized carbons (Fsp3) is 0.556. The molecule has 2 aromatic rings. The number of carbonyl (C=O) groups is 2. The molecule has 1 aliphatic carbocycles. The highest BCUT2D eigenvalue weighted by Crippen LogP contribution is 2.35. The summed E-state index contributed by atoms with van der Waals surface area (Å²) in [4.78, 5) is 28.0. The summed E-state index contributed by atoms with van der Waals surface area (Å²) in [6, 6.07) is 1.93. The van der Waals surface area contributed by atoms with Gasteiger partial charge < -0.3 is 19.6 Å². The normalized spacial score (nSPS) is 19.3. The van der Waals surface area contributed by atoms with Gasteiger partial charge in [0, 0.05) is 24.1 Å². The number of rotatable bonds is 6. The minimum Gasteiger partial charge on any atom is -0.428 e. The Labute approximate surface area is 157 Å². The number of oxazole rings is 1.